The predicted molar refractivity (Wildman–Crippen MR) is 126 cm³/mol. The van der Waals surface area contributed by atoms with E-state index in [0.29, 0.717) is 0 Å². The van der Waals surface area contributed by atoms with Crippen LogP contribution in [0.3, 0.4) is 0 Å². The van der Waals surface area contributed by atoms with Gasteiger partial charge in [0.2, 0.25) is 0 Å². The molecule has 5 heteroatoms. The minimum Gasteiger partial charge on any atom is -0.144 e. The second-order valence-electron chi connectivity index (χ2n) is 5.10. The van der Waals surface area contributed by atoms with Crippen LogP contribution >= 0.6 is 70.5 Å². The van der Waals surface area contributed by atoms with Crippen LogP contribution in [-0.4, -0.2) is 0 Å². The van der Waals surface area contributed by atoms with Gasteiger partial charge in [-0.25, -0.2) is 0 Å². The van der Waals surface area contributed by atoms with Gasteiger partial charge in [0.25, 0.3) is 0 Å². The summed E-state index contributed by atoms with van der Waals surface area (Å²) in [5.74, 6) is 0. The molecule has 0 saturated carbocycles. The molecule has 0 spiro atoms. The van der Waals surface area contributed by atoms with E-state index in [-0.39, 0.29) is 12.6 Å². The monoisotopic (exact) mass is 549 g/mol. The Hall–Kier alpha value is -0.200. The molecule has 0 unspecified atom stereocenters. The van der Waals surface area contributed by atoms with Crippen molar-refractivity contribution in [3.63, 3.8) is 0 Å². The van der Waals surface area contributed by atoms with Crippen molar-refractivity contribution >= 4 is 90.6 Å². The molecule has 2 heterocycles. The average Bonchev–Trinajstić information content (AvgIpc) is 3.14. The Morgan fingerprint density at radius 2 is 1.71 bits per heavy atom. The number of hydrogen-bond acceptors (Lipinski definition) is 2. The summed E-state index contributed by atoms with van der Waals surface area (Å²) in [6.45, 7) is 2.11. The lowest BCUT2D eigenvalue weighted by Crippen LogP contribution is -1.77. The van der Waals surface area contributed by atoms with Crippen LogP contribution in [0.2, 0.25) is 0 Å². The van der Waals surface area contributed by atoms with E-state index in [0.717, 1.165) is 0 Å². The normalized spacial score (nSPS) is 10.5. The molecule has 0 saturated heterocycles. The third-order valence-corrected chi connectivity index (χ3v) is 7.29. The number of halogens is 3. The van der Waals surface area contributed by atoms with Gasteiger partial charge in [-0.1, -0.05) is 57.0 Å². The summed E-state index contributed by atoms with van der Waals surface area (Å²) in [5, 5.41) is 6.90. The number of alkyl halides is 2. The molecule has 0 nitrogen and oxygen atoms in total. The first-order valence-electron chi connectivity index (χ1n) is 6.93. The average molecular weight is 552 g/mol. The van der Waals surface area contributed by atoms with E-state index in [1.165, 1.54) is 35.8 Å². The summed E-state index contributed by atoms with van der Waals surface area (Å²) in [7, 11) is 0. The molecule has 24 heavy (non-hydrogen) atoms. The number of fused-ring (bicyclic) bond motifs is 2. The van der Waals surface area contributed by atoms with Crippen molar-refractivity contribution in [2.24, 2.45) is 0 Å². The van der Waals surface area contributed by atoms with Gasteiger partial charge < -0.3 is 0 Å². The van der Waals surface area contributed by atoms with Gasteiger partial charge in [0, 0.05) is 26.1 Å². The highest BCUT2D eigenvalue weighted by Gasteiger charge is 2.03. The Labute approximate surface area is 177 Å². The summed E-state index contributed by atoms with van der Waals surface area (Å²) < 4.78 is 4.16. The second-order valence-corrected chi connectivity index (χ2v) is 10.9. The van der Waals surface area contributed by atoms with Crippen LogP contribution in [0.5, 0.6) is 0 Å². The number of rotatable bonds is 1. The van der Waals surface area contributed by atoms with E-state index in [9.17, 15) is 0 Å². The van der Waals surface area contributed by atoms with Crippen molar-refractivity contribution in [2.75, 3.05) is 0 Å². The molecule has 0 bridgehead atoms. The van der Waals surface area contributed by atoms with Crippen LogP contribution in [-0.2, 0) is 0 Å². The zero-order valence-electron chi connectivity index (χ0n) is 12.2. The maximum atomic E-state index is 3.51. The van der Waals surface area contributed by atoms with Crippen molar-refractivity contribution in [3.05, 3.63) is 68.8 Å². The molecule has 2 aromatic heterocycles. The van der Waals surface area contributed by atoms with E-state index >= 15 is 0 Å². The Balaban J connectivity index is 0.000000232. The molecule has 0 radical (unpaired) electrons. The first-order chi connectivity index (χ1) is 11.0. The van der Waals surface area contributed by atoms with Gasteiger partial charge in [0.05, 0.1) is 3.74 Å². The van der Waals surface area contributed by atoms with Gasteiger partial charge in [-0.3, -0.25) is 0 Å². The van der Waals surface area contributed by atoms with E-state index in [1.54, 1.807) is 22.7 Å². The molecule has 2 aromatic carbocycles. The third kappa shape index (κ3) is 4.70. The van der Waals surface area contributed by atoms with E-state index in [4.69, 9.17) is 0 Å². The Morgan fingerprint density at radius 1 is 0.958 bits per heavy atom. The smallest absolute Gasteiger partial charge is 0.0946 e. The third-order valence-electron chi connectivity index (χ3n) is 3.41. The van der Waals surface area contributed by atoms with Gasteiger partial charge in [-0.05, 0) is 69.5 Å². The quantitative estimate of drug-likeness (QED) is 0.207. The highest BCUT2D eigenvalue weighted by atomic mass is 79.9. The molecule has 0 aliphatic heterocycles. The number of benzene rings is 2. The Bertz CT molecular complexity index is 944. The second kappa shape index (κ2) is 8.95. The van der Waals surface area contributed by atoms with Crippen molar-refractivity contribution in [2.45, 2.75) is 18.1 Å². The highest BCUT2D eigenvalue weighted by molar-refractivity contribution is 9.24. The van der Waals surface area contributed by atoms with Crippen LogP contribution in [0.4, 0.5) is 0 Å². The molecule has 4 aromatic rings. The van der Waals surface area contributed by atoms with Crippen LogP contribution in [0.25, 0.3) is 20.2 Å². The molecule has 0 aliphatic carbocycles. The predicted octanol–water partition coefficient (Wildman–Crippen LogP) is 9.54. The summed E-state index contributed by atoms with van der Waals surface area (Å²) >= 11 is 14.0. The number of hydrogen-bond donors (Lipinski definition) is 0. The lowest BCUT2D eigenvalue weighted by atomic mass is 10.2. The van der Waals surface area contributed by atoms with E-state index in [2.05, 4.69) is 108 Å². The molecular formula is C19H19Br3S2. The minimum absolute atomic E-state index is 0. The van der Waals surface area contributed by atoms with Crippen LogP contribution in [0, 0.1) is 6.92 Å². The molecule has 0 amide bonds. The lowest BCUT2D eigenvalue weighted by Gasteiger charge is -2.00. The van der Waals surface area contributed by atoms with Gasteiger partial charge >= 0.3 is 0 Å². The lowest BCUT2D eigenvalue weighted by molar-refractivity contribution is 1.46. The molecule has 4 rings (SSSR count). The fourth-order valence-electron chi connectivity index (χ4n) is 2.23. The molecule has 0 N–H and O–H groups in total. The number of aryl methyl sites for hydroxylation is 1. The summed E-state index contributed by atoms with van der Waals surface area (Å²) in [6.07, 6.45) is 0. The standard InChI is InChI=1S/C9H6Br2S.C9H7BrS.CH4.H2/c10-9(11)7-1-2-8-6(5-7)3-4-12-8;1-6-2-3-9-7(4-6)8(10)5-11-9;;/h1-5,9H;2-5H,1H3;1H4;1H/i;;;1+1. The summed E-state index contributed by atoms with van der Waals surface area (Å²) in [6, 6.07) is 15.1. The summed E-state index contributed by atoms with van der Waals surface area (Å²) in [4.78, 5) is 0. The molecular weight excluding hydrogens is 532 g/mol. The van der Waals surface area contributed by atoms with Crippen LogP contribution < -0.4 is 0 Å². The van der Waals surface area contributed by atoms with Gasteiger partial charge in [0.1, 0.15) is 0 Å². The first-order valence-corrected chi connectivity index (χ1v) is 11.3. The van der Waals surface area contributed by atoms with Crippen molar-refractivity contribution in [1.29, 1.82) is 0 Å². The number of thiophene rings is 2. The van der Waals surface area contributed by atoms with Crippen molar-refractivity contribution in [1.82, 2.24) is 0 Å². The van der Waals surface area contributed by atoms with Gasteiger partial charge in [-0.2, -0.15) is 0 Å². The SMILES string of the molecule is BrC(Br)c1ccc2sccc2c1.C.Cc1ccc2scc(Br)c2c1.[2HH]. The zero-order valence-corrected chi connectivity index (χ0v) is 18.6. The molecule has 128 valence electrons. The summed E-state index contributed by atoms with van der Waals surface area (Å²) in [5.41, 5.74) is 2.58. The Morgan fingerprint density at radius 3 is 2.46 bits per heavy atom. The minimum atomic E-state index is 0. The largest absolute Gasteiger partial charge is 0.144 e. The van der Waals surface area contributed by atoms with E-state index in [1.807, 2.05) is 0 Å². The fraction of sp³-hybridized carbons (Fsp3) is 0.158. The van der Waals surface area contributed by atoms with E-state index < -0.39 is 0 Å². The van der Waals surface area contributed by atoms with Crippen molar-refractivity contribution in [3.8, 4) is 0 Å². The fourth-order valence-corrected chi connectivity index (χ4v) is 5.11. The first kappa shape index (κ1) is 20.1. The van der Waals surface area contributed by atoms with Gasteiger partial charge in [0.15, 0.2) is 0 Å². The maximum Gasteiger partial charge on any atom is 0.0946 e. The maximum absolute atomic E-state index is 3.51. The van der Waals surface area contributed by atoms with Crippen LogP contribution in [0.1, 0.15) is 23.7 Å². The highest BCUT2D eigenvalue weighted by Crippen LogP contribution is 2.32. The molecule has 0 atom stereocenters. The molecule has 0 fully saturated rings. The van der Waals surface area contributed by atoms with Crippen LogP contribution in [0.15, 0.2) is 57.7 Å². The topological polar surface area (TPSA) is 0 Å². The van der Waals surface area contributed by atoms with Crippen molar-refractivity contribution < 1.29 is 1.43 Å². The Kier molecular flexibility index (Phi) is 7.50. The van der Waals surface area contributed by atoms with Gasteiger partial charge in [-0.15, -0.1) is 22.7 Å². The zero-order chi connectivity index (χ0) is 16.4. The molecule has 0 aliphatic rings.